The molecule has 0 fully saturated rings. The molecule has 0 aliphatic rings. The fraction of sp³-hybridized carbons (Fsp3) is 0.760. The fourth-order valence-corrected chi connectivity index (χ4v) is 12.8. The summed E-state index contributed by atoms with van der Waals surface area (Å²) in [6.45, 7) is 6.98. The third-order valence-electron chi connectivity index (χ3n) is 6.13. The van der Waals surface area contributed by atoms with E-state index in [1.165, 1.54) is 102 Å². The van der Waals surface area contributed by atoms with Crippen molar-refractivity contribution in [3.63, 3.8) is 0 Å². The van der Waals surface area contributed by atoms with Gasteiger partial charge in [-0.1, -0.05) is 0 Å². The van der Waals surface area contributed by atoms with Gasteiger partial charge >= 0.3 is 179 Å². The molecule has 158 valence electrons. The Labute approximate surface area is 179 Å². The summed E-state index contributed by atoms with van der Waals surface area (Å²) in [6.07, 6.45) is 22.4. The van der Waals surface area contributed by atoms with Crippen LogP contribution in [0.15, 0.2) is 30.3 Å². The SMILES string of the molecule is CCCCCCP(Br)(CCCCCC)(CCCCCC)Cc1ccccc1. The molecule has 2 heteroatoms. The van der Waals surface area contributed by atoms with Gasteiger partial charge in [-0.3, -0.25) is 0 Å². The molecule has 0 saturated carbocycles. The average molecular weight is 458 g/mol. The average Bonchev–Trinajstić information content (AvgIpc) is 2.67. The van der Waals surface area contributed by atoms with Crippen molar-refractivity contribution < 1.29 is 0 Å². The van der Waals surface area contributed by atoms with E-state index in [1.54, 1.807) is 5.56 Å². The Morgan fingerprint density at radius 2 is 1.00 bits per heavy atom. The molecule has 27 heavy (non-hydrogen) atoms. The van der Waals surface area contributed by atoms with E-state index < -0.39 is 5.31 Å². The van der Waals surface area contributed by atoms with Crippen molar-refractivity contribution in [1.82, 2.24) is 0 Å². The van der Waals surface area contributed by atoms with Crippen LogP contribution in [0, 0.1) is 0 Å². The van der Waals surface area contributed by atoms with Gasteiger partial charge in [0.1, 0.15) is 0 Å². The van der Waals surface area contributed by atoms with Crippen LogP contribution in [0.5, 0.6) is 0 Å². The molecule has 0 heterocycles. The van der Waals surface area contributed by atoms with Crippen LogP contribution in [0.2, 0.25) is 0 Å². The van der Waals surface area contributed by atoms with Crippen molar-refractivity contribution in [3.8, 4) is 0 Å². The van der Waals surface area contributed by atoms with E-state index in [0.717, 1.165) is 0 Å². The second-order valence-electron chi connectivity index (χ2n) is 8.82. The summed E-state index contributed by atoms with van der Waals surface area (Å²) < 4.78 is 0. The minimum absolute atomic E-state index is 1.32. The molecule has 0 saturated heterocycles. The van der Waals surface area contributed by atoms with Gasteiger partial charge < -0.3 is 0 Å². The van der Waals surface area contributed by atoms with E-state index in [1.807, 2.05) is 0 Å². The summed E-state index contributed by atoms with van der Waals surface area (Å²) >= 11 is 4.62. The van der Waals surface area contributed by atoms with Crippen molar-refractivity contribution >= 4 is 20.8 Å². The molecule has 0 spiro atoms. The van der Waals surface area contributed by atoms with Gasteiger partial charge in [0.25, 0.3) is 0 Å². The number of unbranched alkanes of at least 4 members (excludes halogenated alkanes) is 9. The Kier molecular flexibility index (Phi) is 13.2. The molecule has 0 nitrogen and oxygen atoms in total. The van der Waals surface area contributed by atoms with Crippen molar-refractivity contribution in [3.05, 3.63) is 35.9 Å². The molecule has 0 bridgehead atoms. The number of rotatable bonds is 17. The van der Waals surface area contributed by atoms with E-state index in [-0.39, 0.29) is 0 Å². The molecule has 0 aromatic heterocycles. The first-order valence-electron chi connectivity index (χ1n) is 11.8. The quantitative estimate of drug-likeness (QED) is 0.161. The van der Waals surface area contributed by atoms with Gasteiger partial charge in [-0.05, 0) is 0 Å². The third kappa shape index (κ3) is 10.5. The number of halogens is 1. The zero-order chi connectivity index (χ0) is 19.9. The summed E-state index contributed by atoms with van der Waals surface area (Å²) in [4.78, 5) is 0. The Balaban J connectivity index is 2.94. The van der Waals surface area contributed by atoms with Gasteiger partial charge in [0.05, 0.1) is 0 Å². The van der Waals surface area contributed by atoms with E-state index >= 15 is 0 Å². The molecule has 0 radical (unpaired) electrons. The predicted molar refractivity (Wildman–Crippen MR) is 133 cm³/mol. The fourth-order valence-electron chi connectivity index (χ4n) is 4.41. The molecule has 0 amide bonds. The number of hydrogen-bond donors (Lipinski definition) is 0. The molecule has 0 aliphatic carbocycles. The van der Waals surface area contributed by atoms with Crippen LogP contribution >= 0.6 is 20.8 Å². The second kappa shape index (κ2) is 14.2. The topological polar surface area (TPSA) is 0 Å². The first-order valence-corrected chi connectivity index (χ1v) is 16.8. The molecule has 0 atom stereocenters. The van der Waals surface area contributed by atoms with Gasteiger partial charge in [0.15, 0.2) is 0 Å². The summed E-state index contributed by atoms with van der Waals surface area (Å²) in [5.74, 6) is 0. The summed E-state index contributed by atoms with van der Waals surface area (Å²) in [5, 5.41) is -1.87. The van der Waals surface area contributed by atoms with Gasteiger partial charge in [-0.15, -0.1) is 0 Å². The summed E-state index contributed by atoms with van der Waals surface area (Å²) in [5.41, 5.74) is 1.56. The maximum absolute atomic E-state index is 4.62. The first kappa shape index (κ1) is 25.2. The summed E-state index contributed by atoms with van der Waals surface area (Å²) in [6, 6.07) is 11.4. The monoisotopic (exact) mass is 456 g/mol. The zero-order valence-corrected chi connectivity index (χ0v) is 21.0. The number of hydrogen-bond acceptors (Lipinski definition) is 0. The minimum atomic E-state index is -1.87. The second-order valence-corrected chi connectivity index (χ2v) is 20.1. The van der Waals surface area contributed by atoms with E-state index in [2.05, 4.69) is 66.6 Å². The molecule has 0 aliphatic heterocycles. The van der Waals surface area contributed by atoms with Crippen LogP contribution < -0.4 is 0 Å². The summed E-state index contributed by atoms with van der Waals surface area (Å²) in [7, 11) is 0. The van der Waals surface area contributed by atoms with Gasteiger partial charge in [-0.25, -0.2) is 0 Å². The Morgan fingerprint density at radius 1 is 0.593 bits per heavy atom. The van der Waals surface area contributed by atoms with Gasteiger partial charge in [0, 0.05) is 0 Å². The van der Waals surface area contributed by atoms with Crippen molar-refractivity contribution in [2.24, 2.45) is 0 Å². The molecule has 0 unspecified atom stereocenters. The Morgan fingerprint density at radius 3 is 1.37 bits per heavy atom. The van der Waals surface area contributed by atoms with E-state index in [0.29, 0.717) is 0 Å². The Hall–Kier alpha value is 0.130. The van der Waals surface area contributed by atoms with Crippen LogP contribution in [-0.2, 0) is 6.16 Å². The molecule has 1 aromatic carbocycles. The van der Waals surface area contributed by atoms with Crippen molar-refractivity contribution in [2.75, 3.05) is 18.5 Å². The molecular weight excluding hydrogens is 411 g/mol. The van der Waals surface area contributed by atoms with Crippen LogP contribution in [0.3, 0.4) is 0 Å². The van der Waals surface area contributed by atoms with Crippen LogP contribution in [0.25, 0.3) is 0 Å². The van der Waals surface area contributed by atoms with Crippen LogP contribution in [-0.4, -0.2) is 18.5 Å². The normalized spacial score (nSPS) is 13.4. The molecule has 0 N–H and O–H groups in total. The standard InChI is InChI=1S/C25H46BrP/c1-4-7-10-16-21-27(26,22-17-11-8-5-2,23-18-12-9-6-3)24-25-19-14-13-15-20-25/h13-15,19-20H,4-12,16-18,21-24H2,1-3H3. The molecular formula is C25H46BrP. The predicted octanol–water partition coefficient (Wildman–Crippen LogP) is 9.79. The van der Waals surface area contributed by atoms with Crippen LogP contribution in [0.1, 0.15) is 103 Å². The Bertz CT molecular complexity index is 436. The van der Waals surface area contributed by atoms with E-state index in [4.69, 9.17) is 0 Å². The van der Waals surface area contributed by atoms with E-state index in [9.17, 15) is 0 Å². The van der Waals surface area contributed by atoms with Gasteiger partial charge in [0.2, 0.25) is 0 Å². The van der Waals surface area contributed by atoms with Crippen molar-refractivity contribution in [2.45, 2.75) is 104 Å². The first-order chi connectivity index (χ1) is 13.1. The molecule has 1 rings (SSSR count). The molecule has 1 aromatic rings. The van der Waals surface area contributed by atoms with Crippen LogP contribution in [0.4, 0.5) is 0 Å². The number of benzene rings is 1. The van der Waals surface area contributed by atoms with Crippen molar-refractivity contribution in [1.29, 1.82) is 0 Å². The van der Waals surface area contributed by atoms with Gasteiger partial charge in [-0.2, -0.15) is 0 Å². The third-order valence-corrected chi connectivity index (χ3v) is 15.5. The zero-order valence-electron chi connectivity index (χ0n) is 18.5. The maximum atomic E-state index is 4.62.